The Morgan fingerprint density at radius 3 is 3.00 bits per heavy atom. The summed E-state index contributed by atoms with van der Waals surface area (Å²) >= 11 is 1.24. The second kappa shape index (κ2) is 6.98. The van der Waals surface area contributed by atoms with Gasteiger partial charge in [0, 0.05) is 0 Å². The second-order valence-corrected chi connectivity index (χ2v) is 2.68. The quantitative estimate of drug-likeness (QED) is 0.525. The molecule has 6 nitrogen and oxygen atoms in total. The predicted octanol–water partition coefficient (Wildman–Crippen LogP) is -3.44. The largest absolute Gasteiger partial charge is 1.00 e. The van der Waals surface area contributed by atoms with E-state index in [9.17, 15) is 4.79 Å². The Hall–Kier alpha value is 0.526. The summed E-state index contributed by atoms with van der Waals surface area (Å²) in [5, 5.41) is 18.6. The van der Waals surface area contributed by atoms with E-state index >= 15 is 0 Å². The number of carboxylic acid groups (broad SMARTS) is 1. The molecule has 8 heteroatoms. The number of carbonyl (C=O) groups is 1. The van der Waals surface area contributed by atoms with Crippen LogP contribution in [0.15, 0.2) is 6.33 Å². The third-order valence-electron chi connectivity index (χ3n) is 0.841. The van der Waals surface area contributed by atoms with Gasteiger partial charge in [-0.1, -0.05) is 0 Å². The summed E-state index contributed by atoms with van der Waals surface area (Å²) in [7, 11) is 0. The molecule has 0 aliphatic heterocycles. The maximum atomic E-state index is 10.0. The van der Waals surface area contributed by atoms with Crippen LogP contribution in [0, 0.1) is 0 Å². The molecule has 1 aromatic rings. The van der Waals surface area contributed by atoms with Crippen LogP contribution in [0.4, 0.5) is 0 Å². The van der Waals surface area contributed by atoms with Crippen LogP contribution in [0.3, 0.4) is 0 Å². The zero-order valence-electron chi connectivity index (χ0n) is 7.54. The van der Waals surface area contributed by atoms with Crippen LogP contribution in [0.2, 0.25) is 0 Å². The molecule has 0 aliphatic rings. The van der Waals surface area contributed by atoms with Crippen molar-refractivity contribution in [2.24, 2.45) is 0 Å². The van der Waals surface area contributed by atoms with Gasteiger partial charge in [0.15, 0.2) is 0 Å². The van der Waals surface area contributed by atoms with Gasteiger partial charge in [-0.2, -0.15) is 0 Å². The molecule has 0 atom stereocenters. The molecular weight excluding hydrogens is 207 g/mol. The van der Waals surface area contributed by atoms with Gasteiger partial charge < -0.3 is 6.53 Å². The Morgan fingerprint density at radius 2 is 2.50 bits per heavy atom. The molecule has 0 amide bonds. The van der Waals surface area contributed by atoms with Gasteiger partial charge in [0.2, 0.25) is 0 Å². The van der Waals surface area contributed by atoms with Crippen molar-refractivity contribution in [2.75, 3.05) is 5.75 Å². The number of tetrazole rings is 1. The van der Waals surface area contributed by atoms with Crippen molar-refractivity contribution in [3.8, 4) is 0 Å². The number of thioether (sulfide) groups is 1. The van der Waals surface area contributed by atoms with E-state index in [0.717, 1.165) is 0 Å². The summed E-state index contributed by atoms with van der Waals surface area (Å²) in [4.78, 5) is 10.0. The third-order valence-corrected chi connectivity index (χ3v) is 1.74. The van der Waals surface area contributed by atoms with Crippen LogP contribution in [-0.2, 0) is 10.7 Å². The normalized spacial score (nSPS) is 9.00. The molecule has 0 bridgehead atoms. The second-order valence-electron chi connectivity index (χ2n) is 1.72. The Bertz CT molecular complexity index is 234. The molecule has 1 heterocycles. The SMILES string of the molecule is O=C(O)CSCn1cnnn1.[H-].[K+]. The van der Waals surface area contributed by atoms with E-state index < -0.39 is 5.97 Å². The standard InChI is InChI=1S/C4H6N4O2S.K.H/c9-4(10)1-11-3-8-2-5-6-7-8;;/h2H,1,3H2,(H,9,10);;/q;+1;-1. The van der Waals surface area contributed by atoms with E-state index in [1.807, 2.05) is 0 Å². The maximum Gasteiger partial charge on any atom is 1.00 e. The van der Waals surface area contributed by atoms with Crippen LogP contribution < -0.4 is 51.4 Å². The zero-order chi connectivity index (χ0) is 8.10. The summed E-state index contributed by atoms with van der Waals surface area (Å²) in [5.74, 6) is -0.290. The first-order valence-corrected chi connectivity index (χ1v) is 3.95. The first-order chi connectivity index (χ1) is 5.29. The van der Waals surface area contributed by atoms with Gasteiger partial charge in [-0.05, 0) is 10.4 Å². The molecule has 0 fully saturated rings. The van der Waals surface area contributed by atoms with Gasteiger partial charge in [-0.25, -0.2) is 4.68 Å². The maximum absolute atomic E-state index is 10.0. The first-order valence-electron chi connectivity index (χ1n) is 2.79. The molecule has 0 aliphatic carbocycles. The van der Waals surface area contributed by atoms with Gasteiger partial charge >= 0.3 is 57.4 Å². The monoisotopic (exact) mass is 214 g/mol. The number of aliphatic carboxylic acids is 1. The van der Waals surface area contributed by atoms with Crippen molar-refractivity contribution in [3.63, 3.8) is 0 Å². The molecular formula is C4H7KN4O2S. The molecule has 0 saturated heterocycles. The van der Waals surface area contributed by atoms with Crippen LogP contribution >= 0.6 is 11.8 Å². The van der Waals surface area contributed by atoms with Crippen molar-refractivity contribution in [1.82, 2.24) is 20.2 Å². The van der Waals surface area contributed by atoms with Crippen LogP contribution in [0.25, 0.3) is 0 Å². The van der Waals surface area contributed by atoms with Crippen molar-refractivity contribution >= 4 is 17.7 Å². The Balaban J connectivity index is 0. The number of hydrogen-bond acceptors (Lipinski definition) is 5. The van der Waals surface area contributed by atoms with Crippen molar-refractivity contribution < 1.29 is 62.7 Å². The van der Waals surface area contributed by atoms with E-state index in [4.69, 9.17) is 5.11 Å². The average Bonchev–Trinajstić information content (AvgIpc) is 2.39. The van der Waals surface area contributed by atoms with E-state index in [1.54, 1.807) is 0 Å². The fourth-order valence-corrected chi connectivity index (χ4v) is 1.04. The molecule has 0 saturated carbocycles. The summed E-state index contributed by atoms with van der Waals surface area (Å²) in [6.45, 7) is 0. The molecule has 1 aromatic heterocycles. The van der Waals surface area contributed by atoms with E-state index in [-0.39, 0.29) is 58.6 Å². The molecule has 0 radical (unpaired) electrons. The minimum absolute atomic E-state index is 0. The van der Waals surface area contributed by atoms with Gasteiger partial charge in [0.1, 0.15) is 6.33 Å². The summed E-state index contributed by atoms with van der Waals surface area (Å²) in [6, 6.07) is 0. The van der Waals surface area contributed by atoms with E-state index in [2.05, 4.69) is 15.5 Å². The van der Waals surface area contributed by atoms with Crippen molar-refractivity contribution in [3.05, 3.63) is 6.33 Å². The van der Waals surface area contributed by atoms with Crippen molar-refractivity contribution in [1.29, 1.82) is 0 Å². The minimum Gasteiger partial charge on any atom is -1.00 e. The Morgan fingerprint density at radius 1 is 1.75 bits per heavy atom. The van der Waals surface area contributed by atoms with Crippen LogP contribution in [0.5, 0.6) is 0 Å². The minimum atomic E-state index is -0.830. The summed E-state index contributed by atoms with van der Waals surface area (Å²) < 4.78 is 1.47. The summed E-state index contributed by atoms with van der Waals surface area (Å²) in [5.41, 5.74) is 0. The van der Waals surface area contributed by atoms with Crippen LogP contribution in [0.1, 0.15) is 1.43 Å². The fraction of sp³-hybridized carbons (Fsp3) is 0.500. The van der Waals surface area contributed by atoms with E-state index in [0.29, 0.717) is 5.88 Å². The number of rotatable bonds is 4. The number of hydrogen-bond donors (Lipinski definition) is 1. The first kappa shape index (κ1) is 12.5. The molecule has 0 unspecified atom stereocenters. The van der Waals surface area contributed by atoms with Crippen LogP contribution in [-0.4, -0.2) is 37.0 Å². The molecule has 0 spiro atoms. The zero-order valence-corrected chi connectivity index (χ0v) is 10.5. The van der Waals surface area contributed by atoms with Gasteiger partial charge in [0.25, 0.3) is 0 Å². The summed E-state index contributed by atoms with van der Waals surface area (Å²) in [6.07, 6.45) is 1.44. The van der Waals surface area contributed by atoms with Gasteiger partial charge in [-0.15, -0.1) is 16.9 Å². The van der Waals surface area contributed by atoms with Gasteiger partial charge in [0.05, 0.1) is 11.6 Å². The fourth-order valence-electron chi connectivity index (χ4n) is 0.466. The number of nitrogens with zero attached hydrogens (tertiary/aromatic N) is 4. The molecule has 62 valence electrons. The van der Waals surface area contributed by atoms with Gasteiger partial charge in [-0.3, -0.25) is 4.79 Å². The van der Waals surface area contributed by atoms with E-state index in [1.165, 1.54) is 22.8 Å². The molecule has 0 aromatic carbocycles. The molecule has 1 N–H and O–H groups in total. The number of aromatic nitrogens is 4. The third kappa shape index (κ3) is 5.22. The smallest absolute Gasteiger partial charge is 1.00 e. The van der Waals surface area contributed by atoms with Crippen molar-refractivity contribution in [2.45, 2.75) is 5.88 Å². The Labute approximate surface area is 117 Å². The topological polar surface area (TPSA) is 80.9 Å². The Kier molecular flexibility index (Phi) is 7.29. The predicted molar refractivity (Wildman–Crippen MR) is 39.0 cm³/mol. The molecule has 12 heavy (non-hydrogen) atoms. The molecule has 1 rings (SSSR count). The number of carboxylic acids is 1. The average molecular weight is 214 g/mol.